The zero-order valence-corrected chi connectivity index (χ0v) is 11.7. The molecule has 4 nitrogen and oxygen atoms in total. The Morgan fingerprint density at radius 1 is 1.21 bits per heavy atom. The van der Waals surface area contributed by atoms with Gasteiger partial charge in [0.2, 0.25) is 5.91 Å². The number of carboxylic acids is 1. The van der Waals surface area contributed by atoms with Gasteiger partial charge in [0, 0.05) is 11.6 Å². The van der Waals surface area contributed by atoms with Crippen LogP contribution in [0.15, 0.2) is 30.3 Å². The van der Waals surface area contributed by atoms with E-state index in [-0.39, 0.29) is 24.3 Å². The van der Waals surface area contributed by atoms with Crippen molar-refractivity contribution in [2.45, 2.75) is 27.2 Å². The SMILES string of the molecule is CCC(C)C(C)C(=O)N(CC(=O)O)c1ccccc1. The maximum absolute atomic E-state index is 12.4. The first-order valence-corrected chi connectivity index (χ1v) is 6.55. The van der Waals surface area contributed by atoms with Crippen molar-refractivity contribution in [2.75, 3.05) is 11.4 Å². The van der Waals surface area contributed by atoms with Crippen LogP contribution in [-0.2, 0) is 9.59 Å². The van der Waals surface area contributed by atoms with Gasteiger partial charge in [0.25, 0.3) is 0 Å². The molecule has 2 atom stereocenters. The van der Waals surface area contributed by atoms with Crippen LogP contribution in [0.4, 0.5) is 5.69 Å². The molecule has 104 valence electrons. The van der Waals surface area contributed by atoms with Gasteiger partial charge >= 0.3 is 5.97 Å². The van der Waals surface area contributed by atoms with Gasteiger partial charge in [0.15, 0.2) is 0 Å². The van der Waals surface area contributed by atoms with Crippen LogP contribution in [0, 0.1) is 11.8 Å². The van der Waals surface area contributed by atoms with Gasteiger partial charge in [0.1, 0.15) is 6.54 Å². The lowest BCUT2D eigenvalue weighted by atomic mass is 9.92. The number of hydrogen-bond acceptors (Lipinski definition) is 2. The number of para-hydroxylation sites is 1. The third kappa shape index (κ3) is 4.09. The number of rotatable bonds is 6. The van der Waals surface area contributed by atoms with Crippen molar-refractivity contribution in [1.82, 2.24) is 0 Å². The van der Waals surface area contributed by atoms with E-state index in [1.807, 2.05) is 26.8 Å². The zero-order valence-electron chi connectivity index (χ0n) is 11.7. The smallest absolute Gasteiger partial charge is 0.323 e. The highest BCUT2D eigenvalue weighted by molar-refractivity contribution is 5.98. The van der Waals surface area contributed by atoms with Crippen molar-refractivity contribution in [3.63, 3.8) is 0 Å². The van der Waals surface area contributed by atoms with Crippen LogP contribution in [0.3, 0.4) is 0 Å². The molecule has 0 fully saturated rings. The Morgan fingerprint density at radius 3 is 2.26 bits per heavy atom. The number of anilines is 1. The second-order valence-electron chi connectivity index (χ2n) is 4.83. The van der Waals surface area contributed by atoms with E-state index >= 15 is 0 Å². The first-order chi connectivity index (χ1) is 8.97. The summed E-state index contributed by atoms with van der Waals surface area (Å²) >= 11 is 0. The molecule has 1 aromatic rings. The summed E-state index contributed by atoms with van der Waals surface area (Å²) in [7, 11) is 0. The fraction of sp³-hybridized carbons (Fsp3) is 0.467. The van der Waals surface area contributed by atoms with Crippen molar-refractivity contribution in [3.8, 4) is 0 Å². The number of nitrogens with zero attached hydrogens (tertiary/aromatic N) is 1. The highest BCUT2D eigenvalue weighted by atomic mass is 16.4. The topological polar surface area (TPSA) is 57.6 Å². The molecule has 0 radical (unpaired) electrons. The summed E-state index contributed by atoms with van der Waals surface area (Å²) in [5.41, 5.74) is 0.630. The van der Waals surface area contributed by atoms with Crippen molar-refractivity contribution in [3.05, 3.63) is 30.3 Å². The minimum atomic E-state index is -1.01. The average Bonchev–Trinajstić information content (AvgIpc) is 2.43. The molecule has 19 heavy (non-hydrogen) atoms. The Kier molecular flexibility index (Phi) is 5.55. The van der Waals surface area contributed by atoms with Crippen LogP contribution >= 0.6 is 0 Å². The zero-order chi connectivity index (χ0) is 14.4. The Labute approximate surface area is 114 Å². The van der Waals surface area contributed by atoms with Crippen LogP contribution in [0.5, 0.6) is 0 Å². The van der Waals surface area contributed by atoms with Gasteiger partial charge in [-0.25, -0.2) is 0 Å². The molecule has 0 heterocycles. The first-order valence-electron chi connectivity index (χ1n) is 6.55. The van der Waals surface area contributed by atoms with Crippen LogP contribution < -0.4 is 4.90 Å². The molecule has 0 saturated heterocycles. The summed E-state index contributed by atoms with van der Waals surface area (Å²) in [6.07, 6.45) is 0.891. The Balaban J connectivity index is 2.98. The number of amides is 1. The van der Waals surface area contributed by atoms with E-state index in [0.717, 1.165) is 6.42 Å². The van der Waals surface area contributed by atoms with Gasteiger partial charge < -0.3 is 10.0 Å². The normalized spacial score (nSPS) is 13.6. The van der Waals surface area contributed by atoms with Gasteiger partial charge in [-0.15, -0.1) is 0 Å². The van der Waals surface area contributed by atoms with Crippen LogP contribution in [0.1, 0.15) is 27.2 Å². The molecule has 1 N–H and O–H groups in total. The number of benzene rings is 1. The first kappa shape index (κ1) is 15.2. The molecule has 0 spiro atoms. The maximum atomic E-state index is 12.4. The van der Waals surface area contributed by atoms with E-state index in [9.17, 15) is 9.59 Å². The van der Waals surface area contributed by atoms with Crippen LogP contribution in [0.25, 0.3) is 0 Å². The fourth-order valence-corrected chi connectivity index (χ4v) is 1.88. The highest BCUT2D eigenvalue weighted by Crippen LogP contribution is 2.21. The van der Waals surface area contributed by atoms with Gasteiger partial charge in [0.05, 0.1) is 0 Å². The average molecular weight is 263 g/mol. The molecule has 0 saturated carbocycles. The van der Waals surface area contributed by atoms with Gasteiger partial charge in [-0.3, -0.25) is 9.59 Å². The Morgan fingerprint density at radius 2 is 1.79 bits per heavy atom. The molecule has 1 amide bonds. The van der Waals surface area contributed by atoms with Crippen molar-refractivity contribution < 1.29 is 14.7 Å². The molecule has 1 aromatic carbocycles. The van der Waals surface area contributed by atoms with E-state index in [1.165, 1.54) is 4.90 Å². The van der Waals surface area contributed by atoms with Crippen molar-refractivity contribution in [2.24, 2.45) is 11.8 Å². The van der Waals surface area contributed by atoms with Gasteiger partial charge in [-0.05, 0) is 18.1 Å². The molecule has 0 aliphatic heterocycles. The predicted octanol–water partition coefficient (Wildman–Crippen LogP) is 2.79. The summed E-state index contributed by atoms with van der Waals surface area (Å²) in [6.45, 7) is 5.59. The monoisotopic (exact) mass is 263 g/mol. The van der Waals surface area contributed by atoms with Crippen LogP contribution in [-0.4, -0.2) is 23.5 Å². The second-order valence-corrected chi connectivity index (χ2v) is 4.83. The third-order valence-electron chi connectivity index (χ3n) is 3.51. The number of carboxylic acid groups (broad SMARTS) is 1. The molecule has 0 bridgehead atoms. The molecule has 0 aliphatic rings. The summed E-state index contributed by atoms with van der Waals surface area (Å²) in [6, 6.07) is 8.94. The minimum Gasteiger partial charge on any atom is -0.480 e. The van der Waals surface area contributed by atoms with Crippen molar-refractivity contribution >= 4 is 17.6 Å². The fourth-order valence-electron chi connectivity index (χ4n) is 1.88. The molecular formula is C15H21NO3. The molecule has 2 unspecified atom stereocenters. The minimum absolute atomic E-state index is 0.136. The molecular weight excluding hydrogens is 242 g/mol. The van der Waals surface area contributed by atoms with E-state index in [1.54, 1.807) is 24.3 Å². The summed E-state index contributed by atoms with van der Waals surface area (Å²) in [5, 5.41) is 8.98. The largest absolute Gasteiger partial charge is 0.480 e. The number of aliphatic carboxylic acids is 1. The number of carbonyl (C=O) groups excluding carboxylic acids is 1. The van der Waals surface area contributed by atoms with Gasteiger partial charge in [-0.1, -0.05) is 45.4 Å². The summed E-state index contributed by atoms with van der Waals surface area (Å²) in [5.74, 6) is -1.10. The quantitative estimate of drug-likeness (QED) is 0.858. The Hall–Kier alpha value is -1.84. The lowest BCUT2D eigenvalue weighted by Gasteiger charge is -2.27. The number of hydrogen-bond donors (Lipinski definition) is 1. The molecule has 1 rings (SSSR count). The van der Waals surface area contributed by atoms with E-state index < -0.39 is 5.97 Å². The highest BCUT2D eigenvalue weighted by Gasteiger charge is 2.26. The lowest BCUT2D eigenvalue weighted by Crippen LogP contribution is -2.40. The standard InChI is InChI=1S/C15H21NO3/c1-4-11(2)12(3)15(19)16(10-14(17)18)13-8-6-5-7-9-13/h5-9,11-12H,4,10H2,1-3H3,(H,17,18). The summed E-state index contributed by atoms with van der Waals surface area (Å²) in [4.78, 5) is 24.7. The predicted molar refractivity (Wildman–Crippen MR) is 75.0 cm³/mol. The number of carbonyl (C=O) groups is 2. The van der Waals surface area contributed by atoms with E-state index in [4.69, 9.17) is 5.11 Å². The third-order valence-corrected chi connectivity index (χ3v) is 3.51. The molecule has 0 aromatic heterocycles. The van der Waals surface area contributed by atoms with Crippen LogP contribution in [0.2, 0.25) is 0 Å². The van der Waals surface area contributed by atoms with E-state index in [2.05, 4.69) is 0 Å². The lowest BCUT2D eigenvalue weighted by molar-refractivity contribution is -0.137. The maximum Gasteiger partial charge on any atom is 0.323 e. The Bertz CT molecular complexity index is 430. The molecule has 0 aliphatic carbocycles. The van der Waals surface area contributed by atoms with Crippen molar-refractivity contribution in [1.29, 1.82) is 0 Å². The van der Waals surface area contributed by atoms with E-state index in [0.29, 0.717) is 5.69 Å². The summed E-state index contributed by atoms with van der Waals surface area (Å²) < 4.78 is 0. The molecule has 4 heteroatoms. The van der Waals surface area contributed by atoms with Gasteiger partial charge in [-0.2, -0.15) is 0 Å². The second kappa shape index (κ2) is 6.92.